The van der Waals surface area contributed by atoms with Gasteiger partial charge in [-0.3, -0.25) is 0 Å². The predicted octanol–water partition coefficient (Wildman–Crippen LogP) is 2.97. The zero-order valence-electron chi connectivity index (χ0n) is 8.35. The normalized spacial score (nSPS) is 15.2. The van der Waals surface area contributed by atoms with Gasteiger partial charge in [-0.05, 0) is 31.0 Å². The van der Waals surface area contributed by atoms with Crippen molar-refractivity contribution in [1.29, 1.82) is 0 Å². The molecule has 0 aliphatic rings. The summed E-state index contributed by atoms with van der Waals surface area (Å²) in [4.78, 5) is 0. The van der Waals surface area contributed by atoms with Crippen molar-refractivity contribution >= 4 is 0 Å². The van der Waals surface area contributed by atoms with Gasteiger partial charge in [0.2, 0.25) is 0 Å². The zero-order chi connectivity index (χ0) is 10.8. The third kappa shape index (κ3) is 2.29. The first kappa shape index (κ1) is 11.1. The molecule has 0 heterocycles. The van der Waals surface area contributed by atoms with Crippen LogP contribution >= 0.6 is 0 Å². The highest BCUT2D eigenvalue weighted by Crippen LogP contribution is 2.26. The second kappa shape index (κ2) is 4.05. The second-order valence-electron chi connectivity index (χ2n) is 3.65. The summed E-state index contributed by atoms with van der Waals surface area (Å²) >= 11 is 0. The molecule has 3 heteroatoms. The van der Waals surface area contributed by atoms with E-state index >= 15 is 0 Å². The molecule has 14 heavy (non-hydrogen) atoms. The minimum absolute atomic E-state index is 0.415. The van der Waals surface area contributed by atoms with Gasteiger partial charge in [-0.15, -0.1) is 0 Å². The van der Waals surface area contributed by atoms with Crippen molar-refractivity contribution in [2.75, 3.05) is 0 Å². The fourth-order valence-electron chi connectivity index (χ4n) is 1.46. The highest BCUT2D eigenvalue weighted by molar-refractivity contribution is 5.23. The molecule has 0 aliphatic heterocycles. The molecule has 1 N–H and O–H groups in total. The van der Waals surface area contributed by atoms with Crippen LogP contribution in [0.3, 0.4) is 0 Å². The van der Waals surface area contributed by atoms with E-state index in [2.05, 4.69) is 0 Å². The summed E-state index contributed by atoms with van der Waals surface area (Å²) < 4.78 is 25.5. The summed E-state index contributed by atoms with van der Waals surface area (Å²) in [6.07, 6.45) is 1.31. The van der Waals surface area contributed by atoms with E-state index in [9.17, 15) is 13.9 Å². The monoisotopic (exact) mass is 200 g/mol. The van der Waals surface area contributed by atoms with E-state index in [1.807, 2.05) is 6.92 Å². The maximum Gasteiger partial charge on any atom is 0.159 e. The average molecular weight is 200 g/mol. The van der Waals surface area contributed by atoms with Gasteiger partial charge in [0.15, 0.2) is 11.6 Å². The minimum Gasteiger partial charge on any atom is -0.385 e. The molecule has 0 spiro atoms. The van der Waals surface area contributed by atoms with E-state index in [1.165, 1.54) is 6.07 Å². The van der Waals surface area contributed by atoms with Crippen LogP contribution in [0.25, 0.3) is 0 Å². The molecule has 0 aromatic heterocycles. The van der Waals surface area contributed by atoms with Crippen molar-refractivity contribution in [2.45, 2.75) is 32.3 Å². The van der Waals surface area contributed by atoms with E-state index in [-0.39, 0.29) is 0 Å². The van der Waals surface area contributed by atoms with E-state index < -0.39 is 17.2 Å². The minimum atomic E-state index is -1.08. The molecule has 0 unspecified atom stereocenters. The molecule has 1 aromatic carbocycles. The number of hydrogen-bond acceptors (Lipinski definition) is 1. The maximum atomic E-state index is 12.9. The summed E-state index contributed by atoms with van der Waals surface area (Å²) in [5.74, 6) is -1.81. The van der Waals surface area contributed by atoms with Crippen molar-refractivity contribution in [3.8, 4) is 0 Å². The topological polar surface area (TPSA) is 20.2 Å². The first-order chi connectivity index (χ1) is 6.47. The van der Waals surface area contributed by atoms with Gasteiger partial charge in [0.25, 0.3) is 0 Å². The van der Waals surface area contributed by atoms with Crippen LogP contribution in [-0.4, -0.2) is 5.11 Å². The van der Waals surface area contributed by atoms with E-state index in [4.69, 9.17) is 0 Å². The standard InChI is InChI=1S/C11H14F2O/c1-3-6-11(2,14)8-4-5-9(12)10(13)7-8/h4-5,7,14H,3,6H2,1-2H3/t11-/m0/s1. The fraction of sp³-hybridized carbons (Fsp3) is 0.455. The van der Waals surface area contributed by atoms with Gasteiger partial charge in [-0.25, -0.2) is 8.78 Å². The first-order valence-electron chi connectivity index (χ1n) is 4.65. The molecule has 1 atom stereocenters. The Bertz CT molecular complexity index is 321. The van der Waals surface area contributed by atoms with Crippen molar-refractivity contribution in [2.24, 2.45) is 0 Å². The summed E-state index contributed by atoms with van der Waals surface area (Å²) in [5.41, 5.74) is -0.665. The molecule has 0 fully saturated rings. The highest BCUT2D eigenvalue weighted by atomic mass is 19.2. The predicted molar refractivity (Wildman–Crippen MR) is 50.8 cm³/mol. The number of aliphatic hydroxyl groups is 1. The quantitative estimate of drug-likeness (QED) is 0.795. The maximum absolute atomic E-state index is 12.9. The lowest BCUT2D eigenvalue weighted by Gasteiger charge is -2.23. The molecule has 0 aliphatic carbocycles. The SMILES string of the molecule is CCC[C@](C)(O)c1ccc(F)c(F)c1. The molecule has 1 aromatic rings. The van der Waals surface area contributed by atoms with Gasteiger partial charge in [-0.2, -0.15) is 0 Å². The van der Waals surface area contributed by atoms with Crippen LogP contribution < -0.4 is 0 Å². The molecule has 0 saturated heterocycles. The highest BCUT2D eigenvalue weighted by Gasteiger charge is 2.22. The van der Waals surface area contributed by atoms with Gasteiger partial charge >= 0.3 is 0 Å². The third-order valence-electron chi connectivity index (χ3n) is 2.28. The first-order valence-corrected chi connectivity index (χ1v) is 4.65. The van der Waals surface area contributed by atoms with Crippen LogP contribution in [0, 0.1) is 11.6 Å². The van der Waals surface area contributed by atoms with Gasteiger partial charge in [0, 0.05) is 0 Å². The number of benzene rings is 1. The lowest BCUT2D eigenvalue weighted by Crippen LogP contribution is -2.20. The van der Waals surface area contributed by atoms with Crippen LogP contribution in [0.15, 0.2) is 18.2 Å². The van der Waals surface area contributed by atoms with Crippen LogP contribution in [0.5, 0.6) is 0 Å². The number of rotatable bonds is 3. The van der Waals surface area contributed by atoms with Crippen LogP contribution in [-0.2, 0) is 5.60 Å². The molecule has 0 saturated carbocycles. The summed E-state index contributed by atoms with van der Waals surface area (Å²) in [7, 11) is 0. The molecule has 0 amide bonds. The Morgan fingerprint density at radius 1 is 1.29 bits per heavy atom. The van der Waals surface area contributed by atoms with E-state index in [0.717, 1.165) is 18.6 Å². The van der Waals surface area contributed by atoms with E-state index in [0.29, 0.717) is 12.0 Å². The van der Waals surface area contributed by atoms with Gasteiger partial charge in [0.05, 0.1) is 5.60 Å². The van der Waals surface area contributed by atoms with Crippen LogP contribution in [0.4, 0.5) is 8.78 Å². The van der Waals surface area contributed by atoms with Crippen LogP contribution in [0.1, 0.15) is 32.3 Å². The summed E-state index contributed by atoms with van der Waals surface area (Å²) in [6, 6.07) is 3.49. The van der Waals surface area contributed by atoms with Crippen molar-refractivity contribution in [3.05, 3.63) is 35.4 Å². The van der Waals surface area contributed by atoms with Crippen molar-refractivity contribution < 1.29 is 13.9 Å². The Hall–Kier alpha value is -0.960. The van der Waals surface area contributed by atoms with Gasteiger partial charge in [0.1, 0.15) is 0 Å². The summed E-state index contributed by atoms with van der Waals surface area (Å²) in [5, 5.41) is 9.91. The number of halogens is 2. The van der Waals surface area contributed by atoms with Crippen molar-refractivity contribution in [3.63, 3.8) is 0 Å². The Labute approximate surface area is 82.4 Å². The smallest absolute Gasteiger partial charge is 0.159 e. The molecule has 1 rings (SSSR count). The molecule has 78 valence electrons. The average Bonchev–Trinajstić information content (AvgIpc) is 2.09. The van der Waals surface area contributed by atoms with Crippen LogP contribution in [0.2, 0.25) is 0 Å². The third-order valence-corrected chi connectivity index (χ3v) is 2.28. The lowest BCUT2D eigenvalue weighted by atomic mass is 9.91. The van der Waals surface area contributed by atoms with Crippen molar-refractivity contribution in [1.82, 2.24) is 0 Å². The Balaban J connectivity index is 3.01. The largest absolute Gasteiger partial charge is 0.385 e. The molecular formula is C11H14F2O. The molecule has 0 radical (unpaired) electrons. The molecule has 0 bridgehead atoms. The molecular weight excluding hydrogens is 186 g/mol. The second-order valence-corrected chi connectivity index (χ2v) is 3.65. The van der Waals surface area contributed by atoms with E-state index in [1.54, 1.807) is 6.92 Å². The Morgan fingerprint density at radius 2 is 1.93 bits per heavy atom. The number of hydrogen-bond donors (Lipinski definition) is 1. The fourth-order valence-corrected chi connectivity index (χ4v) is 1.46. The summed E-state index contributed by atoms with van der Waals surface area (Å²) in [6.45, 7) is 3.53. The Morgan fingerprint density at radius 3 is 2.43 bits per heavy atom. The zero-order valence-corrected chi connectivity index (χ0v) is 8.35. The lowest BCUT2D eigenvalue weighted by molar-refractivity contribution is 0.0465. The van der Waals surface area contributed by atoms with Gasteiger partial charge < -0.3 is 5.11 Å². The van der Waals surface area contributed by atoms with Gasteiger partial charge in [-0.1, -0.05) is 19.4 Å². The molecule has 1 nitrogen and oxygen atoms in total. The Kier molecular flexibility index (Phi) is 3.21.